The van der Waals surface area contributed by atoms with Crippen LogP contribution in [0.2, 0.25) is 5.02 Å². The van der Waals surface area contributed by atoms with Gasteiger partial charge in [-0.3, -0.25) is 0 Å². The highest BCUT2D eigenvalue weighted by Crippen LogP contribution is 2.40. The van der Waals surface area contributed by atoms with Gasteiger partial charge < -0.3 is 24.2 Å². The number of aliphatic hydroxyl groups is 1. The third-order valence-corrected chi connectivity index (χ3v) is 6.12. The summed E-state index contributed by atoms with van der Waals surface area (Å²) in [7, 11) is 0. The lowest BCUT2D eigenvalue weighted by molar-refractivity contribution is -0.231. The van der Waals surface area contributed by atoms with Gasteiger partial charge in [0.05, 0.1) is 24.7 Å². The average molecular weight is 398 g/mol. The number of aliphatic hydroxyl groups excluding tert-OH is 1. The van der Waals surface area contributed by atoms with Crippen molar-refractivity contribution in [3.63, 3.8) is 0 Å². The average Bonchev–Trinajstić information content (AvgIpc) is 3.03. The van der Waals surface area contributed by atoms with Crippen molar-refractivity contribution in [2.45, 2.75) is 45.5 Å². The van der Waals surface area contributed by atoms with Crippen LogP contribution < -0.4 is 4.74 Å². The van der Waals surface area contributed by atoms with Crippen molar-refractivity contribution in [1.29, 1.82) is 0 Å². The second kappa shape index (κ2) is 8.66. The molecule has 1 aromatic carbocycles. The molecule has 0 aromatic heterocycles. The predicted molar refractivity (Wildman–Crippen MR) is 106 cm³/mol. The second-order valence-electron chi connectivity index (χ2n) is 8.58. The van der Waals surface area contributed by atoms with Crippen LogP contribution in [0.4, 0.5) is 0 Å². The van der Waals surface area contributed by atoms with Gasteiger partial charge in [0.1, 0.15) is 5.75 Å². The van der Waals surface area contributed by atoms with Crippen molar-refractivity contribution in [2.75, 3.05) is 39.5 Å². The summed E-state index contributed by atoms with van der Waals surface area (Å²) in [6, 6.07) is 7.42. The molecule has 0 bridgehead atoms. The smallest absolute Gasteiger partial charge is 0.174 e. The minimum atomic E-state index is -0.706. The Labute approximate surface area is 167 Å². The van der Waals surface area contributed by atoms with Crippen LogP contribution in [0.1, 0.15) is 33.6 Å². The van der Waals surface area contributed by atoms with Crippen molar-refractivity contribution in [3.05, 3.63) is 29.3 Å². The first-order valence-electron chi connectivity index (χ1n) is 9.85. The number of benzene rings is 1. The Balaban J connectivity index is 1.54. The van der Waals surface area contributed by atoms with Crippen molar-refractivity contribution in [3.8, 4) is 5.75 Å². The first-order chi connectivity index (χ1) is 12.8. The lowest BCUT2D eigenvalue weighted by Gasteiger charge is -2.40. The molecule has 27 heavy (non-hydrogen) atoms. The van der Waals surface area contributed by atoms with E-state index in [1.165, 1.54) is 0 Å². The summed E-state index contributed by atoms with van der Waals surface area (Å²) in [5.74, 6) is 0.426. The molecule has 0 aliphatic carbocycles. The van der Waals surface area contributed by atoms with Crippen LogP contribution in [0, 0.1) is 11.3 Å². The molecule has 1 N–H and O–H groups in total. The number of rotatable bonds is 7. The van der Waals surface area contributed by atoms with Crippen LogP contribution >= 0.6 is 11.6 Å². The molecule has 1 aromatic rings. The molecule has 0 amide bonds. The summed E-state index contributed by atoms with van der Waals surface area (Å²) in [6.07, 6.45) is 2.29. The summed E-state index contributed by atoms with van der Waals surface area (Å²) in [5, 5.41) is 10.1. The Kier molecular flexibility index (Phi) is 6.70. The molecule has 5 nitrogen and oxygen atoms in total. The summed E-state index contributed by atoms with van der Waals surface area (Å²) in [5.41, 5.74) is -0.334. The maximum atomic E-state index is 9.42. The second-order valence-corrected chi connectivity index (χ2v) is 9.01. The van der Waals surface area contributed by atoms with Crippen molar-refractivity contribution < 1.29 is 19.3 Å². The number of ether oxygens (including phenoxy) is 3. The Morgan fingerprint density at radius 1 is 1.41 bits per heavy atom. The number of nitrogens with zero attached hydrogens (tertiary/aromatic N) is 1. The third kappa shape index (κ3) is 5.15. The fourth-order valence-electron chi connectivity index (χ4n) is 3.79. The Hall–Kier alpha value is -0.850. The number of likely N-dealkylation sites (tertiary alicyclic amines) is 1. The fourth-order valence-corrected chi connectivity index (χ4v) is 3.97. The lowest BCUT2D eigenvalue weighted by Crippen LogP contribution is -2.48. The summed E-state index contributed by atoms with van der Waals surface area (Å²) < 4.78 is 18.4. The maximum Gasteiger partial charge on any atom is 0.174 e. The Bertz CT molecular complexity index is 626. The lowest BCUT2D eigenvalue weighted by atomic mass is 9.85. The van der Waals surface area contributed by atoms with Crippen LogP contribution in [0.5, 0.6) is 5.75 Å². The molecule has 2 heterocycles. The normalized spacial score (nSPS) is 29.8. The number of halogens is 1. The van der Waals surface area contributed by atoms with Crippen molar-refractivity contribution in [2.24, 2.45) is 11.3 Å². The number of hydrogen-bond donors (Lipinski definition) is 1. The standard InChI is InChI=1S/C21H32ClNO4/c1-20(2,15-25-18-8-4-7-17(22)10-18)21(3)26-14-19(27-21)12-23-9-5-6-16(11-23)13-24/h4,7-8,10,16,19,24H,5-6,9,11-15H2,1-3H3. The van der Waals surface area contributed by atoms with Crippen molar-refractivity contribution in [1.82, 2.24) is 4.90 Å². The predicted octanol–water partition coefficient (Wildman–Crippen LogP) is 3.58. The summed E-state index contributed by atoms with van der Waals surface area (Å²) in [4.78, 5) is 2.39. The Morgan fingerprint density at radius 2 is 2.22 bits per heavy atom. The molecule has 2 fully saturated rings. The number of hydrogen-bond acceptors (Lipinski definition) is 5. The van der Waals surface area contributed by atoms with Gasteiger partial charge in [0.25, 0.3) is 0 Å². The molecule has 3 rings (SSSR count). The minimum absolute atomic E-state index is 0.0397. The highest BCUT2D eigenvalue weighted by molar-refractivity contribution is 6.30. The molecule has 0 saturated carbocycles. The molecule has 0 spiro atoms. The largest absolute Gasteiger partial charge is 0.493 e. The fraction of sp³-hybridized carbons (Fsp3) is 0.714. The van der Waals surface area contributed by atoms with Crippen LogP contribution in [-0.2, 0) is 9.47 Å². The van der Waals surface area contributed by atoms with Gasteiger partial charge in [-0.2, -0.15) is 0 Å². The van der Waals surface area contributed by atoms with Gasteiger partial charge in [-0.1, -0.05) is 31.5 Å². The third-order valence-electron chi connectivity index (χ3n) is 5.88. The van der Waals surface area contributed by atoms with E-state index in [2.05, 4.69) is 18.7 Å². The quantitative estimate of drug-likeness (QED) is 0.762. The zero-order valence-corrected chi connectivity index (χ0v) is 17.4. The molecule has 2 aliphatic heterocycles. The first-order valence-corrected chi connectivity index (χ1v) is 10.2. The van der Waals surface area contributed by atoms with Crippen LogP contribution in [-0.4, -0.2) is 61.4 Å². The topological polar surface area (TPSA) is 51.2 Å². The zero-order valence-electron chi connectivity index (χ0n) is 16.6. The summed E-state index contributed by atoms with van der Waals surface area (Å²) >= 11 is 6.03. The molecule has 2 aliphatic rings. The molecule has 3 unspecified atom stereocenters. The van der Waals surface area contributed by atoms with Crippen LogP contribution in [0.3, 0.4) is 0 Å². The number of piperidine rings is 1. The molecule has 6 heteroatoms. The van der Waals surface area contributed by atoms with Crippen LogP contribution in [0.25, 0.3) is 0 Å². The van der Waals surface area contributed by atoms with Gasteiger partial charge in [0, 0.05) is 24.7 Å². The van der Waals surface area contributed by atoms with Gasteiger partial charge >= 0.3 is 0 Å². The maximum absolute atomic E-state index is 9.42. The SMILES string of the molecule is CC(C)(COc1cccc(Cl)c1)C1(C)OCC(CN2CCCC(CO)C2)O1. The highest BCUT2D eigenvalue weighted by Gasteiger charge is 2.50. The molecule has 2 saturated heterocycles. The highest BCUT2D eigenvalue weighted by atomic mass is 35.5. The van der Waals surface area contributed by atoms with Gasteiger partial charge in [-0.05, 0) is 50.4 Å². The van der Waals surface area contributed by atoms with E-state index in [4.69, 9.17) is 25.8 Å². The first kappa shape index (κ1) is 20.9. The molecule has 3 atom stereocenters. The van der Waals surface area contributed by atoms with Gasteiger partial charge in [0.15, 0.2) is 5.79 Å². The zero-order chi connectivity index (χ0) is 19.5. The minimum Gasteiger partial charge on any atom is -0.493 e. The van der Waals surface area contributed by atoms with Crippen molar-refractivity contribution >= 4 is 11.6 Å². The van der Waals surface area contributed by atoms with Gasteiger partial charge in [-0.25, -0.2) is 0 Å². The van der Waals surface area contributed by atoms with E-state index >= 15 is 0 Å². The molecular weight excluding hydrogens is 366 g/mol. The molecule has 152 valence electrons. The van der Waals surface area contributed by atoms with Gasteiger partial charge in [-0.15, -0.1) is 0 Å². The van der Waals surface area contributed by atoms with Crippen LogP contribution in [0.15, 0.2) is 24.3 Å². The van der Waals surface area contributed by atoms with E-state index in [1.54, 1.807) is 0 Å². The van der Waals surface area contributed by atoms with E-state index in [1.807, 2.05) is 31.2 Å². The van der Waals surface area contributed by atoms with Gasteiger partial charge in [0.2, 0.25) is 0 Å². The van der Waals surface area contributed by atoms with E-state index in [-0.39, 0.29) is 18.1 Å². The van der Waals surface area contributed by atoms with E-state index in [0.29, 0.717) is 24.2 Å². The monoisotopic (exact) mass is 397 g/mol. The molecular formula is C21H32ClNO4. The van der Waals surface area contributed by atoms with E-state index in [0.717, 1.165) is 38.2 Å². The summed E-state index contributed by atoms with van der Waals surface area (Å²) in [6.45, 7) is 10.4. The van der Waals surface area contributed by atoms with E-state index in [9.17, 15) is 5.11 Å². The Morgan fingerprint density at radius 3 is 2.96 bits per heavy atom. The van der Waals surface area contributed by atoms with E-state index < -0.39 is 5.79 Å². The molecule has 0 radical (unpaired) electrons.